The van der Waals surface area contributed by atoms with E-state index in [1.807, 2.05) is 50.2 Å². The summed E-state index contributed by atoms with van der Waals surface area (Å²) in [6.45, 7) is 5.47. The van der Waals surface area contributed by atoms with Crippen LogP contribution >= 0.6 is 0 Å². The van der Waals surface area contributed by atoms with Crippen LogP contribution in [0.15, 0.2) is 48.5 Å². The SMILES string of the molecule is COc1ccc(C)cc1-c1nnc2ccc(-c3ccc(C)c(O[C@@H]4CCOC4)c3)nn12. The Bertz CT molecular complexity index is 1250. The Kier molecular flexibility index (Phi) is 5.03. The summed E-state index contributed by atoms with van der Waals surface area (Å²) in [7, 11) is 1.65. The lowest BCUT2D eigenvalue weighted by molar-refractivity contribution is 0.141. The molecule has 0 spiro atoms. The first kappa shape index (κ1) is 19.5. The molecule has 0 radical (unpaired) electrons. The van der Waals surface area contributed by atoms with Gasteiger partial charge in [0.15, 0.2) is 11.5 Å². The smallest absolute Gasteiger partial charge is 0.189 e. The minimum absolute atomic E-state index is 0.0997. The molecule has 1 atom stereocenters. The number of fused-ring (bicyclic) bond motifs is 1. The van der Waals surface area contributed by atoms with Crippen LogP contribution < -0.4 is 9.47 Å². The summed E-state index contributed by atoms with van der Waals surface area (Å²) in [5.41, 5.74) is 5.51. The predicted molar refractivity (Wildman–Crippen MR) is 118 cm³/mol. The van der Waals surface area contributed by atoms with Crippen LogP contribution in [0, 0.1) is 13.8 Å². The van der Waals surface area contributed by atoms with Gasteiger partial charge in [0.2, 0.25) is 0 Å². The maximum atomic E-state index is 6.18. The Morgan fingerprint density at radius 3 is 2.71 bits per heavy atom. The number of rotatable bonds is 5. The molecule has 1 saturated heterocycles. The van der Waals surface area contributed by atoms with E-state index in [1.54, 1.807) is 11.6 Å². The van der Waals surface area contributed by atoms with Gasteiger partial charge in [-0.1, -0.05) is 23.8 Å². The molecule has 5 rings (SSSR count). The molecule has 0 bridgehead atoms. The number of aromatic nitrogens is 4. The van der Waals surface area contributed by atoms with Crippen LogP contribution in [0.2, 0.25) is 0 Å². The number of hydrogen-bond donors (Lipinski definition) is 0. The topological polar surface area (TPSA) is 70.8 Å². The number of ether oxygens (including phenoxy) is 3. The Hall–Kier alpha value is -3.45. The van der Waals surface area contributed by atoms with Crippen molar-refractivity contribution in [2.45, 2.75) is 26.4 Å². The Labute approximate surface area is 180 Å². The van der Waals surface area contributed by atoms with Crippen molar-refractivity contribution in [1.29, 1.82) is 0 Å². The summed E-state index contributed by atoms with van der Waals surface area (Å²) < 4.78 is 18.9. The summed E-state index contributed by atoms with van der Waals surface area (Å²) in [6, 6.07) is 16.0. The van der Waals surface area contributed by atoms with Crippen LogP contribution in [-0.4, -0.2) is 46.2 Å². The fourth-order valence-corrected chi connectivity index (χ4v) is 3.78. The van der Waals surface area contributed by atoms with Gasteiger partial charge >= 0.3 is 0 Å². The first-order chi connectivity index (χ1) is 15.1. The molecule has 7 nitrogen and oxygen atoms in total. The summed E-state index contributed by atoms with van der Waals surface area (Å²) in [4.78, 5) is 0. The van der Waals surface area contributed by atoms with Crippen LogP contribution in [0.3, 0.4) is 0 Å². The molecule has 1 fully saturated rings. The predicted octanol–water partition coefficient (Wildman–Crippen LogP) is 4.25. The van der Waals surface area contributed by atoms with E-state index >= 15 is 0 Å². The molecule has 0 saturated carbocycles. The van der Waals surface area contributed by atoms with Crippen molar-refractivity contribution < 1.29 is 14.2 Å². The van der Waals surface area contributed by atoms with Crippen molar-refractivity contribution >= 4 is 5.65 Å². The van der Waals surface area contributed by atoms with E-state index < -0.39 is 0 Å². The van der Waals surface area contributed by atoms with Crippen LogP contribution in [-0.2, 0) is 4.74 Å². The van der Waals surface area contributed by atoms with E-state index in [4.69, 9.17) is 19.3 Å². The summed E-state index contributed by atoms with van der Waals surface area (Å²) in [5, 5.41) is 13.5. The molecule has 7 heteroatoms. The average Bonchev–Trinajstić information content (AvgIpc) is 3.44. The van der Waals surface area contributed by atoms with Gasteiger partial charge in [-0.05, 0) is 49.7 Å². The Morgan fingerprint density at radius 2 is 1.90 bits per heavy atom. The third-order valence-electron chi connectivity index (χ3n) is 5.52. The molecule has 1 aliphatic heterocycles. The van der Waals surface area contributed by atoms with Crippen molar-refractivity contribution in [3.05, 3.63) is 59.7 Å². The highest BCUT2D eigenvalue weighted by molar-refractivity contribution is 5.69. The number of nitrogens with zero attached hydrogens (tertiary/aromatic N) is 4. The largest absolute Gasteiger partial charge is 0.496 e. The maximum Gasteiger partial charge on any atom is 0.189 e. The second-order valence-corrected chi connectivity index (χ2v) is 7.80. The monoisotopic (exact) mass is 416 g/mol. The van der Waals surface area contributed by atoms with Gasteiger partial charge in [0.1, 0.15) is 17.6 Å². The number of methoxy groups -OCH3 is 1. The molecule has 2 aromatic carbocycles. The van der Waals surface area contributed by atoms with E-state index in [0.29, 0.717) is 18.1 Å². The quantitative estimate of drug-likeness (QED) is 0.484. The van der Waals surface area contributed by atoms with Crippen LogP contribution in [0.1, 0.15) is 17.5 Å². The number of aryl methyl sites for hydroxylation is 2. The van der Waals surface area contributed by atoms with Gasteiger partial charge < -0.3 is 14.2 Å². The molecule has 1 aliphatic rings. The van der Waals surface area contributed by atoms with E-state index in [9.17, 15) is 0 Å². The summed E-state index contributed by atoms with van der Waals surface area (Å²) >= 11 is 0. The molecule has 158 valence electrons. The second kappa shape index (κ2) is 8.00. The zero-order valence-electron chi connectivity index (χ0n) is 17.8. The van der Waals surface area contributed by atoms with E-state index in [2.05, 4.69) is 22.3 Å². The van der Waals surface area contributed by atoms with Crippen molar-refractivity contribution in [3.8, 4) is 34.1 Å². The first-order valence-electron chi connectivity index (χ1n) is 10.4. The minimum atomic E-state index is 0.0997. The van der Waals surface area contributed by atoms with Crippen molar-refractivity contribution in [2.24, 2.45) is 0 Å². The molecule has 4 aromatic rings. The summed E-state index contributed by atoms with van der Waals surface area (Å²) in [6.07, 6.45) is 1.01. The second-order valence-electron chi connectivity index (χ2n) is 7.80. The molecule has 0 aliphatic carbocycles. The molecular formula is C24H24N4O3. The fourth-order valence-electron chi connectivity index (χ4n) is 3.78. The Morgan fingerprint density at radius 1 is 1.00 bits per heavy atom. The maximum absolute atomic E-state index is 6.18. The lowest BCUT2D eigenvalue weighted by Crippen LogP contribution is -2.16. The first-order valence-corrected chi connectivity index (χ1v) is 10.4. The highest BCUT2D eigenvalue weighted by atomic mass is 16.5. The molecule has 0 N–H and O–H groups in total. The van der Waals surface area contributed by atoms with Gasteiger partial charge in [0, 0.05) is 12.0 Å². The van der Waals surface area contributed by atoms with Gasteiger partial charge in [-0.25, -0.2) is 0 Å². The van der Waals surface area contributed by atoms with Gasteiger partial charge in [0.05, 0.1) is 31.6 Å². The van der Waals surface area contributed by atoms with E-state index in [-0.39, 0.29) is 6.10 Å². The van der Waals surface area contributed by atoms with Gasteiger partial charge in [-0.3, -0.25) is 0 Å². The molecule has 0 amide bonds. The highest BCUT2D eigenvalue weighted by Gasteiger charge is 2.19. The minimum Gasteiger partial charge on any atom is -0.496 e. The van der Waals surface area contributed by atoms with Gasteiger partial charge in [0.25, 0.3) is 0 Å². The molecular weight excluding hydrogens is 392 g/mol. The molecule has 0 unspecified atom stereocenters. The zero-order valence-corrected chi connectivity index (χ0v) is 17.8. The fraction of sp³-hybridized carbons (Fsp3) is 0.292. The Balaban J connectivity index is 1.56. The molecule has 3 heterocycles. The highest BCUT2D eigenvalue weighted by Crippen LogP contribution is 2.31. The van der Waals surface area contributed by atoms with Crippen LogP contribution in [0.25, 0.3) is 28.3 Å². The van der Waals surface area contributed by atoms with Crippen LogP contribution in [0.4, 0.5) is 0 Å². The average molecular weight is 416 g/mol. The van der Waals surface area contributed by atoms with Crippen LogP contribution in [0.5, 0.6) is 11.5 Å². The third kappa shape index (κ3) is 3.72. The zero-order chi connectivity index (χ0) is 21.4. The lowest BCUT2D eigenvalue weighted by Gasteiger charge is -2.15. The summed E-state index contributed by atoms with van der Waals surface area (Å²) in [5.74, 6) is 2.24. The van der Waals surface area contributed by atoms with Gasteiger partial charge in [-0.2, -0.15) is 9.61 Å². The van der Waals surface area contributed by atoms with E-state index in [0.717, 1.165) is 52.5 Å². The van der Waals surface area contributed by atoms with Gasteiger partial charge in [-0.15, -0.1) is 10.2 Å². The lowest BCUT2D eigenvalue weighted by atomic mass is 10.1. The van der Waals surface area contributed by atoms with Crippen molar-refractivity contribution in [3.63, 3.8) is 0 Å². The number of hydrogen-bond acceptors (Lipinski definition) is 6. The van der Waals surface area contributed by atoms with E-state index in [1.165, 1.54) is 0 Å². The molecule has 2 aromatic heterocycles. The normalized spacial score (nSPS) is 16.0. The van der Waals surface area contributed by atoms with Crippen molar-refractivity contribution in [2.75, 3.05) is 20.3 Å². The number of benzene rings is 2. The third-order valence-corrected chi connectivity index (χ3v) is 5.52. The molecule has 31 heavy (non-hydrogen) atoms. The van der Waals surface area contributed by atoms with Crippen molar-refractivity contribution in [1.82, 2.24) is 19.8 Å². The standard InChI is InChI=1S/C24H24N4O3/c1-15-4-8-21(29-3)19(12-15)24-26-25-23-9-7-20(27-28(23)24)17-6-5-16(2)22(13-17)31-18-10-11-30-14-18/h4-9,12-13,18H,10-11,14H2,1-3H3/t18-/m1/s1.